The standard InChI is InChI=1S/C33H37BFNO7/c1-20-16-24-31(33(41)36(32(24)40)15-7-3-6-10-29(38)39)25-19-34(42)43-28(30(20)25)14-12-23(22-8-4-2-5-9-22)17-21-11-13-27(37)26(35)18-21/h2,4-5,8-9,11,13,17-18,24-25,28,31,37,42H,3,6-7,10,12,14-16,19H2,1H3,(H,38,39)/b23-17-/t24-,25+,28-,31-/m1/s1. The summed E-state index contributed by atoms with van der Waals surface area (Å²) < 4.78 is 20.2. The van der Waals surface area contributed by atoms with Crippen molar-refractivity contribution in [3.8, 4) is 5.75 Å². The van der Waals surface area contributed by atoms with Crippen molar-refractivity contribution in [1.29, 1.82) is 0 Å². The van der Waals surface area contributed by atoms with Crippen LogP contribution < -0.4 is 0 Å². The third-order valence-corrected chi connectivity index (χ3v) is 8.95. The number of aromatic hydroxyl groups is 1. The van der Waals surface area contributed by atoms with Crippen molar-refractivity contribution in [2.75, 3.05) is 6.54 Å². The molecule has 2 aliphatic heterocycles. The maximum Gasteiger partial charge on any atom is 0.455 e. The molecule has 1 aliphatic carbocycles. The number of halogens is 1. The van der Waals surface area contributed by atoms with Gasteiger partial charge in [0.25, 0.3) is 0 Å². The van der Waals surface area contributed by atoms with Gasteiger partial charge in [0.1, 0.15) is 0 Å². The highest BCUT2D eigenvalue weighted by molar-refractivity contribution is 6.43. The molecule has 2 fully saturated rings. The number of hydrogen-bond acceptors (Lipinski definition) is 6. The number of carboxylic acid groups (broad SMARTS) is 1. The molecule has 10 heteroatoms. The zero-order chi connectivity index (χ0) is 30.7. The van der Waals surface area contributed by atoms with Crippen LogP contribution in [0.4, 0.5) is 4.39 Å². The number of phenols is 1. The number of nitrogens with zero attached hydrogens (tertiary/aromatic N) is 1. The molecule has 0 spiro atoms. The van der Waals surface area contributed by atoms with E-state index in [2.05, 4.69) is 0 Å². The van der Waals surface area contributed by atoms with E-state index in [1.807, 2.05) is 43.3 Å². The average molecular weight is 589 g/mol. The summed E-state index contributed by atoms with van der Waals surface area (Å²) in [5, 5.41) is 29.3. The predicted molar refractivity (Wildman–Crippen MR) is 160 cm³/mol. The molecule has 4 atom stereocenters. The van der Waals surface area contributed by atoms with Gasteiger partial charge in [-0.05, 0) is 85.7 Å². The minimum atomic E-state index is -1.08. The van der Waals surface area contributed by atoms with Crippen LogP contribution in [0.25, 0.3) is 11.6 Å². The Morgan fingerprint density at radius 3 is 2.56 bits per heavy atom. The number of allylic oxidation sites excluding steroid dienone is 2. The molecule has 8 nitrogen and oxygen atoms in total. The first-order chi connectivity index (χ1) is 20.6. The van der Waals surface area contributed by atoms with E-state index in [4.69, 9.17) is 9.76 Å². The lowest BCUT2D eigenvalue weighted by Gasteiger charge is -2.42. The van der Waals surface area contributed by atoms with Crippen LogP contribution in [0.3, 0.4) is 0 Å². The van der Waals surface area contributed by atoms with Gasteiger partial charge in [-0.3, -0.25) is 19.3 Å². The Bertz CT molecular complexity index is 1440. The molecular weight excluding hydrogens is 552 g/mol. The smallest absolute Gasteiger partial charge is 0.455 e. The molecule has 0 radical (unpaired) electrons. The average Bonchev–Trinajstić information content (AvgIpc) is 3.21. The molecule has 0 aromatic heterocycles. The summed E-state index contributed by atoms with van der Waals surface area (Å²) in [5.74, 6) is -3.69. The molecule has 2 amide bonds. The van der Waals surface area contributed by atoms with Gasteiger partial charge in [0.2, 0.25) is 11.8 Å². The fourth-order valence-corrected chi connectivity index (χ4v) is 6.98. The second-order valence-corrected chi connectivity index (χ2v) is 11.8. The maximum absolute atomic E-state index is 14.1. The first-order valence-electron chi connectivity index (χ1n) is 15.0. The van der Waals surface area contributed by atoms with Gasteiger partial charge in [-0.1, -0.05) is 54.5 Å². The Morgan fingerprint density at radius 1 is 1.07 bits per heavy atom. The SMILES string of the molecule is CC1=C2[C@@H](CC/C(=C/c3ccc(O)c(F)c3)c3ccccc3)OB(O)C[C@@H]2[C@@H]2C(=O)N(CCCCCC(=O)O)C(=O)[C@@H]2C1. The largest absolute Gasteiger partial charge is 0.505 e. The molecule has 2 heterocycles. The van der Waals surface area contributed by atoms with E-state index in [1.165, 1.54) is 17.0 Å². The van der Waals surface area contributed by atoms with Crippen LogP contribution in [-0.2, 0) is 19.0 Å². The van der Waals surface area contributed by atoms with Gasteiger partial charge in [0.15, 0.2) is 11.6 Å². The first-order valence-corrected chi connectivity index (χ1v) is 15.0. The third-order valence-electron chi connectivity index (χ3n) is 8.95. The van der Waals surface area contributed by atoms with E-state index < -0.39 is 42.6 Å². The highest BCUT2D eigenvalue weighted by Crippen LogP contribution is 2.50. The van der Waals surface area contributed by atoms with E-state index in [-0.39, 0.29) is 37.0 Å². The van der Waals surface area contributed by atoms with Crippen molar-refractivity contribution < 1.29 is 38.7 Å². The molecule has 3 N–H and O–H groups in total. The summed E-state index contributed by atoms with van der Waals surface area (Å²) in [4.78, 5) is 39.1. The molecule has 3 aliphatic rings. The summed E-state index contributed by atoms with van der Waals surface area (Å²) >= 11 is 0. The number of imide groups is 1. The zero-order valence-electron chi connectivity index (χ0n) is 24.2. The van der Waals surface area contributed by atoms with Crippen LogP contribution in [0.5, 0.6) is 5.75 Å². The van der Waals surface area contributed by atoms with Crippen molar-refractivity contribution in [3.63, 3.8) is 0 Å². The lowest BCUT2D eigenvalue weighted by Crippen LogP contribution is -2.46. The maximum atomic E-state index is 14.1. The molecule has 2 aromatic carbocycles. The van der Waals surface area contributed by atoms with E-state index in [9.17, 15) is 28.9 Å². The lowest BCUT2D eigenvalue weighted by atomic mass is 9.58. The molecular formula is C33H37BFNO7. The molecule has 43 heavy (non-hydrogen) atoms. The molecule has 0 bridgehead atoms. The van der Waals surface area contributed by atoms with E-state index >= 15 is 0 Å². The third kappa shape index (κ3) is 6.75. The zero-order valence-corrected chi connectivity index (χ0v) is 24.2. The monoisotopic (exact) mass is 589 g/mol. The number of carboxylic acids is 1. The summed E-state index contributed by atoms with van der Waals surface area (Å²) in [6, 6.07) is 13.9. The van der Waals surface area contributed by atoms with Gasteiger partial charge in [-0.25, -0.2) is 4.39 Å². The van der Waals surface area contributed by atoms with Crippen molar-refractivity contribution in [3.05, 3.63) is 76.6 Å². The number of amides is 2. The first kappa shape index (κ1) is 30.7. The highest BCUT2D eigenvalue weighted by atomic mass is 19.1. The normalized spacial score (nSPS) is 23.9. The number of carbonyl (C=O) groups is 3. The van der Waals surface area contributed by atoms with Crippen LogP contribution in [-0.4, -0.2) is 57.7 Å². The number of unbranched alkanes of at least 4 members (excludes halogenated alkanes) is 2. The Hall–Kier alpha value is -3.76. The van der Waals surface area contributed by atoms with Crippen LogP contribution >= 0.6 is 0 Å². The fourth-order valence-electron chi connectivity index (χ4n) is 6.98. The fraction of sp³-hybridized carbons (Fsp3) is 0.424. The number of benzene rings is 2. The number of phenolic OH excluding ortho intramolecular Hbond substituents is 1. The van der Waals surface area contributed by atoms with E-state index in [1.54, 1.807) is 6.07 Å². The van der Waals surface area contributed by atoms with Gasteiger partial charge in [-0.15, -0.1) is 0 Å². The summed E-state index contributed by atoms with van der Waals surface area (Å²) in [6.45, 7) is 2.25. The number of aliphatic carboxylic acids is 1. The van der Waals surface area contributed by atoms with Crippen molar-refractivity contribution >= 4 is 36.6 Å². The minimum Gasteiger partial charge on any atom is -0.505 e. The molecule has 2 saturated heterocycles. The lowest BCUT2D eigenvalue weighted by molar-refractivity contribution is -0.141. The molecule has 226 valence electrons. The molecule has 0 saturated carbocycles. The minimum absolute atomic E-state index is 0.0635. The van der Waals surface area contributed by atoms with E-state index in [0.717, 1.165) is 22.3 Å². The van der Waals surface area contributed by atoms with Crippen molar-refractivity contribution in [1.82, 2.24) is 4.90 Å². The predicted octanol–water partition coefficient (Wildman–Crippen LogP) is 5.31. The Labute approximate surface area is 251 Å². The van der Waals surface area contributed by atoms with E-state index in [0.29, 0.717) is 44.1 Å². The van der Waals surface area contributed by atoms with Gasteiger partial charge in [-0.2, -0.15) is 0 Å². The van der Waals surface area contributed by atoms with Gasteiger partial charge >= 0.3 is 13.1 Å². The van der Waals surface area contributed by atoms with Gasteiger partial charge in [0.05, 0.1) is 17.9 Å². The summed E-state index contributed by atoms with van der Waals surface area (Å²) in [7, 11) is -1.08. The quantitative estimate of drug-likeness (QED) is 0.107. The number of hydrogen-bond donors (Lipinski definition) is 3. The van der Waals surface area contributed by atoms with Gasteiger partial charge in [0, 0.05) is 13.0 Å². The Balaban J connectivity index is 1.34. The Morgan fingerprint density at radius 2 is 1.84 bits per heavy atom. The van der Waals surface area contributed by atoms with Crippen LogP contribution in [0, 0.1) is 23.6 Å². The number of carbonyl (C=O) groups excluding carboxylic acids is 2. The topological polar surface area (TPSA) is 124 Å². The van der Waals surface area contributed by atoms with Crippen LogP contribution in [0.1, 0.15) is 63.0 Å². The number of fused-ring (bicyclic) bond motifs is 3. The number of likely N-dealkylation sites (tertiary alicyclic amines) is 1. The summed E-state index contributed by atoms with van der Waals surface area (Å²) in [5.41, 5.74) is 4.48. The molecule has 0 unspecified atom stereocenters. The van der Waals surface area contributed by atoms with Crippen LogP contribution in [0.15, 0.2) is 59.7 Å². The second-order valence-electron chi connectivity index (χ2n) is 11.8. The van der Waals surface area contributed by atoms with Gasteiger partial charge < -0.3 is 19.9 Å². The Kier molecular flexibility index (Phi) is 9.47. The number of rotatable bonds is 11. The second kappa shape index (κ2) is 13.3. The summed E-state index contributed by atoms with van der Waals surface area (Å²) in [6.07, 6.45) is 4.91. The molecule has 5 rings (SSSR count). The highest BCUT2D eigenvalue weighted by Gasteiger charge is 2.56. The van der Waals surface area contributed by atoms with Crippen molar-refractivity contribution in [2.45, 2.75) is 64.3 Å². The van der Waals surface area contributed by atoms with Crippen LogP contribution in [0.2, 0.25) is 6.32 Å². The van der Waals surface area contributed by atoms with Crippen molar-refractivity contribution in [2.24, 2.45) is 17.8 Å². The molecule has 2 aromatic rings.